The number of hydrogen-bond acceptors (Lipinski definition) is 5. The lowest BCUT2D eigenvalue weighted by atomic mass is 10.0. The zero-order valence-corrected chi connectivity index (χ0v) is 15.8. The van der Waals surface area contributed by atoms with Crippen LogP contribution in [0.5, 0.6) is 5.75 Å². The van der Waals surface area contributed by atoms with Gasteiger partial charge in [0.15, 0.2) is 5.82 Å². The highest BCUT2D eigenvalue weighted by molar-refractivity contribution is 5.95. The molecule has 1 aliphatic rings. The fourth-order valence-electron chi connectivity index (χ4n) is 3.08. The molecule has 0 unspecified atom stereocenters. The first kappa shape index (κ1) is 20.6. The molecule has 0 radical (unpaired) electrons. The third kappa shape index (κ3) is 4.90. The van der Waals surface area contributed by atoms with Crippen molar-refractivity contribution in [3.63, 3.8) is 0 Å². The fourth-order valence-corrected chi connectivity index (χ4v) is 3.08. The van der Waals surface area contributed by atoms with Gasteiger partial charge in [-0.3, -0.25) is 0 Å². The number of rotatable bonds is 6. The van der Waals surface area contributed by atoms with Crippen molar-refractivity contribution in [2.45, 2.75) is 25.1 Å². The van der Waals surface area contributed by atoms with E-state index in [9.17, 15) is 27.5 Å². The molecule has 2 aromatic carbocycles. The minimum absolute atomic E-state index is 0.0940. The smallest absolute Gasteiger partial charge is 0.478 e. The lowest BCUT2D eigenvalue weighted by molar-refractivity contribution is -0.274. The van der Waals surface area contributed by atoms with E-state index in [2.05, 4.69) is 20.0 Å². The number of carboxylic acids is 1. The van der Waals surface area contributed by atoms with Gasteiger partial charge < -0.3 is 15.2 Å². The Morgan fingerprint density at radius 3 is 2.42 bits per heavy atom. The van der Waals surface area contributed by atoms with Crippen molar-refractivity contribution in [1.82, 2.24) is 9.97 Å². The van der Waals surface area contributed by atoms with E-state index in [-0.39, 0.29) is 17.0 Å². The molecule has 2 N–H and O–H groups in total. The monoisotopic (exact) mass is 433 g/mol. The summed E-state index contributed by atoms with van der Waals surface area (Å²) >= 11 is 0. The van der Waals surface area contributed by atoms with Crippen LogP contribution in [0, 0.1) is 5.82 Å². The molecule has 0 bridgehead atoms. The van der Waals surface area contributed by atoms with E-state index in [0.29, 0.717) is 17.3 Å². The molecule has 6 nitrogen and oxygen atoms in total. The predicted octanol–water partition coefficient (Wildman–Crippen LogP) is 5.50. The fraction of sp³-hybridized carbons (Fsp3) is 0.190. The summed E-state index contributed by atoms with van der Waals surface area (Å²) < 4.78 is 55.1. The van der Waals surface area contributed by atoms with E-state index in [1.54, 1.807) is 12.1 Å². The minimum atomic E-state index is -4.92. The first-order chi connectivity index (χ1) is 14.7. The molecule has 1 heterocycles. The Morgan fingerprint density at radius 1 is 1.10 bits per heavy atom. The largest absolute Gasteiger partial charge is 0.573 e. The summed E-state index contributed by atoms with van der Waals surface area (Å²) in [5, 5.41) is 12.4. The van der Waals surface area contributed by atoms with Crippen molar-refractivity contribution in [3.05, 3.63) is 65.7 Å². The van der Waals surface area contributed by atoms with Crippen molar-refractivity contribution in [2.24, 2.45) is 0 Å². The van der Waals surface area contributed by atoms with Gasteiger partial charge >= 0.3 is 12.3 Å². The van der Waals surface area contributed by atoms with Gasteiger partial charge in [-0.15, -0.1) is 13.2 Å². The van der Waals surface area contributed by atoms with E-state index >= 15 is 0 Å². The summed E-state index contributed by atoms with van der Waals surface area (Å²) in [6, 6.07) is 7.66. The maximum atomic E-state index is 14.1. The molecule has 0 atom stereocenters. The molecule has 1 fully saturated rings. The summed E-state index contributed by atoms with van der Waals surface area (Å²) in [5.41, 5.74) is 1.45. The van der Waals surface area contributed by atoms with Crippen molar-refractivity contribution in [3.8, 4) is 17.1 Å². The molecule has 10 heteroatoms. The Morgan fingerprint density at radius 2 is 1.81 bits per heavy atom. The van der Waals surface area contributed by atoms with Gasteiger partial charge in [-0.2, -0.15) is 0 Å². The lowest BCUT2D eigenvalue weighted by Crippen LogP contribution is -2.17. The number of ether oxygens (including phenoxy) is 1. The maximum Gasteiger partial charge on any atom is 0.573 e. The quantitative estimate of drug-likeness (QED) is 0.500. The highest BCUT2D eigenvalue weighted by Gasteiger charge is 2.31. The van der Waals surface area contributed by atoms with E-state index in [4.69, 9.17) is 0 Å². The second-order valence-electron chi connectivity index (χ2n) is 6.99. The Bertz CT molecular complexity index is 1130. The van der Waals surface area contributed by atoms with Crippen LogP contribution >= 0.6 is 0 Å². The molecule has 160 valence electrons. The Hall–Kier alpha value is -3.69. The molecule has 1 saturated carbocycles. The molecule has 0 spiro atoms. The van der Waals surface area contributed by atoms with Crippen LogP contribution in [0.3, 0.4) is 0 Å². The van der Waals surface area contributed by atoms with Crippen LogP contribution in [-0.2, 0) is 0 Å². The van der Waals surface area contributed by atoms with Crippen LogP contribution in [0.15, 0.2) is 48.8 Å². The second-order valence-corrected chi connectivity index (χ2v) is 6.99. The molecule has 0 aliphatic heterocycles. The van der Waals surface area contributed by atoms with Gasteiger partial charge in [0.2, 0.25) is 0 Å². The lowest BCUT2D eigenvalue weighted by Gasteiger charge is -2.12. The zero-order chi connectivity index (χ0) is 22.2. The summed E-state index contributed by atoms with van der Waals surface area (Å²) in [7, 11) is 0. The number of halogens is 4. The van der Waals surface area contributed by atoms with Crippen LogP contribution in [0.4, 0.5) is 28.9 Å². The summed E-state index contributed by atoms with van der Waals surface area (Å²) in [6.07, 6.45) is -0.292. The Balaban J connectivity index is 1.57. The van der Waals surface area contributed by atoms with E-state index in [1.165, 1.54) is 12.4 Å². The average molecular weight is 433 g/mol. The third-order valence-electron chi connectivity index (χ3n) is 4.67. The number of nitrogens with zero attached hydrogens (tertiary/aromatic N) is 2. The van der Waals surface area contributed by atoms with Gasteiger partial charge in [0, 0.05) is 0 Å². The minimum Gasteiger partial charge on any atom is -0.478 e. The van der Waals surface area contributed by atoms with E-state index < -0.39 is 23.9 Å². The maximum absolute atomic E-state index is 14.1. The van der Waals surface area contributed by atoms with Crippen LogP contribution in [0.1, 0.15) is 34.7 Å². The van der Waals surface area contributed by atoms with Gasteiger partial charge in [0.25, 0.3) is 0 Å². The molecule has 0 saturated heterocycles. The average Bonchev–Trinajstić information content (AvgIpc) is 3.54. The van der Waals surface area contributed by atoms with Gasteiger partial charge in [-0.1, -0.05) is 6.07 Å². The van der Waals surface area contributed by atoms with Crippen molar-refractivity contribution < 1.29 is 32.2 Å². The molecule has 0 amide bonds. The summed E-state index contributed by atoms with van der Waals surface area (Å²) in [4.78, 5) is 19.6. The number of aromatic carboxylic acids is 1. The molecule has 4 rings (SSSR count). The van der Waals surface area contributed by atoms with Crippen LogP contribution in [0.2, 0.25) is 0 Å². The SMILES string of the molecule is O=C(O)c1cc(C2CC2)ccc1Nc1cnc(-c2cc(OC(F)(F)F)ccc2F)nc1. The van der Waals surface area contributed by atoms with Crippen LogP contribution in [-0.4, -0.2) is 27.4 Å². The van der Waals surface area contributed by atoms with Crippen LogP contribution < -0.4 is 10.1 Å². The van der Waals surface area contributed by atoms with Gasteiger partial charge in [-0.05, 0) is 54.7 Å². The molecule has 1 aliphatic carbocycles. The van der Waals surface area contributed by atoms with Crippen molar-refractivity contribution >= 4 is 17.3 Å². The number of hydrogen-bond donors (Lipinski definition) is 2. The number of anilines is 2. The standard InChI is InChI=1S/C21H15F4N3O3/c22-17-5-4-14(31-21(23,24)25)8-15(17)19-26-9-13(10-27-19)28-18-6-3-12(11-1-2-11)7-16(18)20(29)30/h3-11,28H,1-2H2,(H,29,30). The van der Waals surface area contributed by atoms with E-state index in [0.717, 1.165) is 36.6 Å². The van der Waals surface area contributed by atoms with Gasteiger partial charge in [0.05, 0.1) is 34.9 Å². The van der Waals surface area contributed by atoms with Crippen molar-refractivity contribution in [1.29, 1.82) is 0 Å². The normalized spacial score (nSPS) is 13.7. The van der Waals surface area contributed by atoms with Gasteiger partial charge in [-0.25, -0.2) is 19.2 Å². The van der Waals surface area contributed by atoms with Crippen molar-refractivity contribution in [2.75, 3.05) is 5.32 Å². The molecule has 31 heavy (non-hydrogen) atoms. The number of aromatic nitrogens is 2. The number of alkyl halides is 3. The highest BCUT2D eigenvalue weighted by Crippen LogP contribution is 2.41. The zero-order valence-electron chi connectivity index (χ0n) is 15.8. The first-order valence-electron chi connectivity index (χ1n) is 9.21. The Labute approximate surface area is 173 Å². The highest BCUT2D eigenvalue weighted by atomic mass is 19.4. The number of carbonyl (C=O) groups is 1. The Kier molecular flexibility index (Phi) is 5.22. The van der Waals surface area contributed by atoms with Gasteiger partial charge in [0.1, 0.15) is 11.6 Å². The molecular formula is C21H15F4N3O3. The first-order valence-corrected chi connectivity index (χ1v) is 9.21. The molecule has 1 aromatic heterocycles. The second kappa shape index (κ2) is 7.86. The summed E-state index contributed by atoms with van der Waals surface area (Å²) in [6.45, 7) is 0. The number of carboxylic acid groups (broad SMARTS) is 1. The topological polar surface area (TPSA) is 84.3 Å². The number of nitrogens with one attached hydrogen (secondary N) is 1. The number of benzene rings is 2. The third-order valence-corrected chi connectivity index (χ3v) is 4.67. The molecule has 3 aromatic rings. The van der Waals surface area contributed by atoms with E-state index in [1.807, 2.05) is 6.07 Å². The molecular weight excluding hydrogens is 418 g/mol. The van der Waals surface area contributed by atoms with Crippen LogP contribution in [0.25, 0.3) is 11.4 Å². The predicted molar refractivity (Wildman–Crippen MR) is 103 cm³/mol. The summed E-state index contributed by atoms with van der Waals surface area (Å²) in [5.74, 6) is -2.28.